The zero-order valence-corrected chi connectivity index (χ0v) is 24.6. The Kier molecular flexibility index (Phi) is 7.91. The van der Waals surface area contributed by atoms with Crippen LogP contribution in [0.15, 0.2) is 103 Å². The first-order valence-corrected chi connectivity index (χ1v) is 14.8. The minimum atomic E-state index is -0.942. The van der Waals surface area contributed by atoms with Gasteiger partial charge in [0, 0.05) is 49.0 Å². The van der Waals surface area contributed by atoms with Crippen molar-refractivity contribution >= 4 is 28.9 Å². The van der Waals surface area contributed by atoms with E-state index in [1.807, 2.05) is 53.1 Å². The molecule has 3 aromatic carbocycles. The molecule has 1 aliphatic rings. The number of amides is 1. The Morgan fingerprint density at radius 3 is 2.54 bits per heavy atom. The van der Waals surface area contributed by atoms with Crippen molar-refractivity contribution in [2.75, 3.05) is 23.7 Å². The molecule has 0 aliphatic carbocycles. The predicted molar refractivity (Wildman–Crippen MR) is 172 cm³/mol. The lowest BCUT2D eigenvalue weighted by molar-refractivity contribution is 0.101. The van der Waals surface area contributed by atoms with Crippen LogP contribution < -0.4 is 10.6 Å². The van der Waals surface area contributed by atoms with E-state index in [1.165, 1.54) is 6.07 Å². The summed E-state index contributed by atoms with van der Waals surface area (Å²) in [5, 5.41) is 15.8. The average molecular weight is 618 g/mol. The summed E-state index contributed by atoms with van der Waals surface area (Å²) < 4.78 is 30.4. The van der Waals surface area contributed by atoms with Gasteiger partial charge in [0.05, 0.1) is 23.2 Å². The molecule has 0 bridgehead atoms. The summed E-state index contributed by atoms with van der Waals surface area (Å²) in [6, 6.07) is 25.7. The van der Waals surface area contributed by atoms with E-state index < -0.39 is 23.1 Å². The van der Waals surface area contributed by atoms with Crippen LogP contribution in [0.25, 0.3) is 28.3 Å². The average Bonchev–Trinajstić information content (AvgIpc) is 3.64. The number of β-amino-alcohol motifs (C(OH)–C–C–N with tert-alkyl or cyclic N) is 1. The van der Waals surface area contributed by atoms with E-state index in [0.717, 1.165) is 42.9 Å². The number of likely N-dealkylation sites (tertiary alicyclic amines) is 1. The quantitative estimate of drug-likeness (QED) is 0.184. The van der Waals surface area contributed by atoms with E-state index in [0.29, 0.717) is 46.5 Å². The molecule has 1 saturated heterocycles. The van der Waals surface area contributed by atoms with Crippen molar-refractivity contribution in [2.24, 2.45) is 0 Å². The maximum Gasteiger partial charge on any atom is 0.261 e. The number of benzene rings is 3. The molecule has 3 N–H and O–H groups in total. The standard InChI is InChI=1S/C35H29F2N7O2/c36-27-10-5-11-28(37)31(27)34(46)39-25-9-4-7-23(19-25)32-33(44-16-2-1-12-30(44)42-32)29-13-15-38-35(41-29)40-24-8-3-6-22(18-24)20-43-17-14-26(45)21-43/h1-13,15-16,18-19,26,45H,14,17,20-21H2,(H,39,46)(H,38,40,41). The lowest BCUT2D eigenvalue weighted by Gasteiger charge is -2.15. The van der Waals surface area contributed by atoms with Gasteiger partial charge in [0.2, 0.25) is 5.95 Å². The normalized spacial score (nSPS) is 14.9. The Hall–Kier alpha value is -5.52. The Bertz CT molecular complexity index is 2040. The monoisotopic (exact) mass is 617 g/mol. The summed E-state index contributed by atoms with van der Waals surface area (Å²) in [4.78, 5) is 29.2. The van der Waals surface area contributed by atoms with E-state index in [1.54, 1.807) is 30.5 Å². The molecule has 46 heavy (non-hydrogen) atoms. The van der Waals surface area contributed by atoms with Crippen LogP contribution in [0.4, 0.5) is 26.1 Å². The van der Waals surface area contributed by atoms with Gasteiger partial charge in [0.25, 0.3) is 5.91 Å². The first-order valence-electron chi connectivity index (χ1n) is 14.8. The number of aliphatic hydroxyl groups is 1. The zero-order valence-electron chi connectivity index (χ0n) is 24.6. The highest BCUT2D eigenvalue weighted by molar-refractivity contribution is 6.05. The fraction of sp³-hybridized carbons (Fsp3) is 0.143. The number of hydrogen-bond donors (Lipinski definition) is 3. The molecule has 1 atom stereocenters. The highest BCUT2D eigenvalue weighted by atomic mass is 19.1. The molecule has 1 unspecified atom stereocenters. The van der Waals surface area contributed by atoms with Crippen LogP contribution in [0, 0.1) is 11.6 Å². The van der Waals surface area contributed by atoms with E-state index in [9.17, 15) is 18.7 Å². The number of aromatic nitrogens is 4. The number of nitrogens with one attached hydrogen (secondary N) is 2. The molecule has 1 fully saturated rings. The number of pyridine rings is 1. The van der Waals surface area contributed by atoms with E-state index in [4.69, 9.17) is 9.97 Å². The molecule has 0 radical (unpaired) electrons. The maximum absolute atomic E-state index is 14.3. The largest absolute Gasteiger partial charge is 0.392 e. The minimum Gasteiger partial charge on any atom is -0.392 e. The molecular formula is C35H29F2N7O2. The molecule has 3 aromatic heterocycles. The summed E-state index contributed by atoms with van der Waals surface area (Å²) in [7, 11) is 0. The van der Waals surface area contributed by atoms with Gasteiger partial charge in [-0.1, -0.05) is 36.4 Å². The molecule has 0 spiro atoms. The lowest BCUT2D eigenvalue weighted by Crippen LogP contribution is -2.21. The van der Waals surface area contributed by atoms with Crippen LogP contribution in [0.5, 0.6) is 0 Å². The summed E-state index contributed by atoms with van der Waals surface area (Å²) in [6.45, 7) is 2.28. The molecule has 7 rings (SSSR count). The van der Waals surface area contributed by atoms with E-state index >= 15 is 0 Å². The van der Waals surface area contributed by atoms with Crippen molar-refractivity contribution in [3.05, 3.63) is 126 Å². The Morgan fingerprint density at radius 1 is 0.913 bits per heavy atom. The molecule has 230 valence electrons. The van der Waals surface area contributed by atoms with Crippen LogP contribution in [0.3, 0.4) is 0 Å². The third-order valence-electron chi connectivity index (χ3n) is 7.85. The Balaban J connectivity index is 1.19. The molecular weight excluding hydrogens is 588 g/mol. The minimum absolute atomic E-state index is 0.272. The summed E-state index contributed by atoms with van der Waals surface area (Å²) in [5.74, 6) is -2.38. The van der Waals surface area contributed by atoms with Crippen LogP contribution >= 0.6 is 0 Å². The lowest BCUT2D eigenvalue weighted by atomic mass is 10.1. The predicted octanol–water partition coefficient (Wildman–Crippen LogP) is 6.30. The summed E-state index contributed by atoms with van der Waals surface area (Å²) >= 11 is 0. The van der Waals surface area contributed by atoms with Crippen molar-refractivity contribution in [1.82, 2.24) is 24.3 Å². The van der Waals surface area contributed by atoms with Gasteiger partial charge in [0.1, 0.15) is 22.8 Å². The van der Waals surface area contributed by atoms with Gasteiger partial charge in [-0.25, -0.2) is 23.7 Å². The van der Waals surface area contributed by atoms with Gasteiger partial charge in [-0.2, -0.15) is 0 Å². The molecule has 4 heterocycles. The van der Waals surface area contributed by atoms with Gasteiger partial charge >= 0.3 is 0 Å². The highest BCUT2D eigenvalue weighted by Crippen LogP contribution is 2.33. The van der Waals surface area contributed by atoms with Gasteiger partial charge in [-0.05, 0) is 66.6 Å². The number of nitrogens with zero attached hydrogens (tertiary/aromatic N) is 5. The van der Waals surface area contributed by atoms with Crippen LogP contribution in [-0.4, -0.2) is 54.5 Å². The molecule has 1 aliphatic heterocycles. The van der Waals surface area contributed by atoms with Gasteiger partial charge in [0.15, 0.2) is 0 Å². The van der Waals surface area contributed by atoms with Gasteiger partial charge < -0.3 is 15.7 Å². The molecule has 6 aromatic rings. The molecule has 9 nitrogen and oxygen atoms in total. The number of carbonyl (C=O) groups excluding carboxylic acids is 1. The van der Waals surface area contributed by atoms with Crippen molar-refractivity contribution in [3.63, 3.8) is 0 Å². The van der Waals surface area contributed by atoms with Gasteiger partial charge in [-0.3, -0.25) is 14.1 Å². The first-order chi connectivity index (χ1) is 22.4. The summed E-state index contributed by atoms with van der Waals surface area (Å²) in [6.07, 6.45) is 4.08. The van der Waals surface area contributed by atoms with E-state index in [-0.39, 0.29) is 6.10 Å². The van der Waals surface area contributed by atoms with Crippen LogP contribution in [0.1, 0.15) is 22.3 Å². The fourth-order valence-electron chi connectivity index (χ4n) is 5.74. The number of halogens is 2. The number of aliphatic hydroxyl groups excluding tert-OH is 1. The number of carbonyl (C=O) groups is 1. The molecule has 11 heteroatoms. The maximum atomic E-state index is 14.3. The Labute approximate surface area is 263 Å². The topological polar surface area (TPSA) is 108 Å². The SMILES string of the molecule is O=C(Nc1cccc(-c2nc3ccccn3c2-c2ccnc(Nc3cccc(CN4CCC(O)C4)c3)n2)c1)c1c(F)cccc1F. The second kappa shape index (κ2) is 12.5. The third kappa shape index (κ3) is 6.06. The zero-order chi connectivity index (χ0) is 31.6. The number of rotatable bonds is 8. The molecule has 1 amide bonds. The number of anilines is 3. The highest BCUT2D eigenvalue weighted by Gasteiger charge is 2.21. The summed E-state index contributed by atoms with van der Waals surface area (Å²) in [5.41, 5.74) is 4.90. The van der Waals surface area contributed by atoms with Crippen molar-refractivity contribution in [3.8, 4) is 22.6 Å². The first kappa shape index (κ1) is 29.2. The smallest absolute Gasteiger partial charge is 0.261 e. The Morgan fingerprint density at radius 2 is 1.72 bits per heavy atom. The third-order valence-corrected chi connectivity index (χ3v) is 7.85. The number of hydrogen-bond acceptors (Lipinski definition) is 7. The number of fused-ring (bicyclic) bond motifs is 1. The van der Waals surface area contributed by atoms with E-state index in [2.05, 4.69) is 26.6 Å². The second-order valence-corrected chi connectivity index (χ2v) is 11.1. The van der Waals surface area contributed by atoms with Crippen LogP contribution in [-0.2, 0) is 6.54 Å². The number of imidazole rings is 1. The van der Waals surface area contributed by atoms with Crippen molar-refractivity contribution in [2.45, 2.75) is 19.1 Å². The molecule has 0 saturated carbocycles. The van der Waals surface area contributed by atoms with Crippen molar-refractivity contribution < 1.29 is 18.7 Å². The van der Waals surface area contributed by atoms with Gasteiger partial charge in [-0.15, -0.1) is 0 Å². The fourth-order valence-corrected chi connectivity index (χ4v) is 5.74. The van der Waals surface area contributed by atoms with Crippen LogP contribution in [0.2, 0.25) is 0 Å². The van der Waals surface area contributed by atoms with Crippen molar-refractivity contribution in [1.29, 1.82) is 0 Å². The second-order valence-electron chi connectivity index (χ2n) is 11.1.